The van der Waals surface area contributed by atoms with E-state index in [0.717, 1.165) is 6.42 Å². The maximum atomic E-state index is 13.2. The van der Waals surface area contributed by atoms with Gasteiger partial charge in [-0.1, -0.05) is 35.9 Å². The first kappa shape index (κ1) is 10.2. The van der Waals surface area contributed by atoms with Crippen LogP contribution in [0, 0.1) is 5.82 Å². The molecule has 0 radical (unpaired) electrons. The molecule has 0 aromatic heterocycles. The van der Waals surface area contributed by atoms with Gasteiger partial charge in [0.2, 0.25) is 0 Å². The van der Waals surface area contributed by atoms with Gasteiger partial charge in [-0.15, -0.1) is 0 Å². The molecule has 0 unspecified atom stereocenters. The van der Waals surface area contributed by atoms with Crippen LogP contribution < -0.4 is 5.73 Å². The summed E-state index contributed by atoms with van der Waals surface area (Å²) in [5, 5.41) is 0.148. The lowest BCUT2D eigenvalue weighted by Gasteiger charge is -1.97. The number of benzene rings is 1. The molecule has 0 aliphatic rings. The summed E-state index contributed by atoms with van der Waals surface area (Å²) >= 11 is 5.59. The molecule has 0 saturated carbocycles. The fraction of sp³-hybridized carbons (Fsp3) is 0.200. The molecule has 0 aliphatic carbocycles. The Balaban J connectivity index is 2.83. The Morgan fingerprint density at radius 1 is 1.46 bits per heavy atom. The van der Waals surface area contributed by atoms with Crippen molar-refractivity contribution in [2.24, 2.45) is 5.73 Å². The van der Waals surface area contributed by atoms with E-state index in [1.54, 1.807) is 18.2 Å². The molecule has 0 heterocycles. The minimum atomic E-state index is -0.377. The molecule has 0 aliphatic heterocycles. The van der Waals surface area contributed by atoms with Crippen molar-refractivity contribution in [1.29, 1.82) is 0 Å². The highest BCUT2D eigenvalue weighted by Gasteiger charge is 2.01. The van der Waals surface area contributed by atoms with E-state index in [1.165, 1.54) is 6.07 Å². The summed E-state index contributed by atoms with van der Waals surface area (Å²) in [5.41, 5.74) is 5.79. The zero-order valence-corrected chi connectivity index (χ0v) is 7.89. The Morgan fingerprint density at radius 2 is 2.23 bits per heavy atom. The quantitative estimate of drug-likeness (QED) is 0.796. The van der Waals surface area contributed by atoms with Crippen molar-refractivity contribution in [1.82, 2.24) is 0 Å². The minimum Gasteiger partial charge on any atom is -0.330 e. The highest BCUT2D eigenvalue weighted by molar-refractivity contribution is 6.30. The topological polar surface area (TPSA) is 26.0 Å². The number of halogens is 2. The third-order valence-electron chi connectivity index (χ3n) is 1.61. The molecular formula is C10H11ClFN. The highest BCUT2D eigenvalue weighted by atomic mass is 35.5. The molecule has 0 saturated heterocycles. The molecule has 0 fully saturated rings. The Labute approximate surface area is 82.0 Å². The standard InChI is InChI=1S/C10H11ClFN/c11-9-6-3-5-8(10(9)12)4-1-2-7-13/h1,3-6H,2,7,13H2. The molecule has 3 heteroatoms. The molecule has 1 aromatic carbocycles. The lowest BCUT2D eigenvalue weighted by atomic mass is 10.2. The third-order valence-corrected chi connectivity index (χ3v) is 1.90. The lowest BCUT2D eigenvalue weighted by molar-refractivity contribution is 0.625. The van der Waals surface area contributed by atoms with E-state index in [4.69, 9.17) is 17.3 Å². The van der Waals surface area contributed by atoms with Crippen LogP contribution in [0.1, 0.15) is 12.0 Å². The van der Waals surface area contributed by atoms with Gasteiger partial charge in [0, 0.05) is 5.56 Å². The van der Waals surface area contributed by atoms with Crippen LogP contribution in [0.25, 0.3) is 6.08 Å². The summed E-state index contributed by atoms with van der Waals surface area (Å²) in [6.45, 7) is 0.568. The molecule has 0 amide bonds. The first-order valence-electron chi connectivity index (χ1n) is 4.06. The maximum Gasteiger partial charge on any atom is 0.148 e. The van der Waals surface area contributed by atoms with Crippen molar-refractivity contribution in [3.63, 3.8) is 0 Å². The molecule has 1 rings (SSSR count). The van der Waals surface area contributed by atoms with E-state index in [9.17, 15) is 4.39 Å². The first-order valence-corrected chi connectivity index (χ1v) is 4.44. The van der Waals surface area contributed by atoms with Gasteiger partial charge in [-0.05, 0) is 19.0 Å². The Kier molecular flexibility index (Phi) is 3.93. The Hall–Kier alpha value is -0.860. The van der Waals surface area contributed by atoms with Gasteiger partial charge in [-0.25, -0.2) is 4.39 Å². The number of hydrogen-bond donors (Lipinski definition) is 1. The Bertz CT molecular complexity index is 310. The summed E-state index contributed by atoms with van der Waals surface area (Å²) in [6.07, 6.45) is 4.26. The van der Waals surface area contributed by atoms with Crippen LogP contribution in [0.4, 0.5) is 4.39 Å². The van der Waals surface area contributed by atoms with Crippen molar-refractivity contribution < 1.29 is 4.39 Å². The third kappa shape index (κ3) is 2.83. The fourth-order valence-corrected chi connectivity index (χ4v) is 1.14. The second kappa shape index (κ2) is 5.00. The molecule has 0 spiro atoms. The fourth-order valence-electron chi connectivity index (χ4n) is 0.956. The van der Waals surface area contributed by atoms with E-state index in [1.807, 2.05) is 6.08 Å². The van der Waals surface area contributed by atoms with E-state index in [0.29, 0.717) is 12.1 Å². The van der Waals surface area contributed by atoms with Gasteiger partial charge in [0.15, 0.2) is 0 Å². The number of rotatable bonds is 3. The second-order valence-corrected chi connectivity index (χ2v) is 3.03. The minimum absolute atomic E-state index is 0.148. The molecule has 1 aromatic rings. The van der Waals surface area contributed by atoms with Gasteiger partial charge < -0.3 is 5.73 Å². The van der Waals surface area contributed by atoms with Crippen LogP contribution in [0.2, 0.25) is 5.02 Å². The predicted octanol–water partition coefficient (Wildman–Crippen LogP) is 2.84. The van der Waals surface area contributed by atoms with Crippen molar-refractivity contribution in [3.05, 3.63) is 40.7 Å². The van der Waals surface area contributed by atoms with Gasteiger partial charge in [-0.3, -0.25) is 0 Å². The normalized spacial score (nSPS) is 11.0. The zero-order chi connectivity index (χ0) is 9.68. The molecule has 13 heavy (non-hydrogen) atoms. The second-order valence-electron chi connectivity index (χ2n) is 2.62. The molecule has 0 bridgehead atoms. The molecule has 0 atom stereocenters. The van der Waals surface area contributed by atoms with Crippen LogP contribution in [0.15, 0.2) is 24.3 Å². The molecule has 1 nitrogen and oxygen atoms in total. The summed E-state index contributed by atoms with van der Waals surface area (Å²) in [6, 6.07) is 4.92. The largest absolute Gasteiger partial charge is 0.330 e. The van der Waals surface area contributed by atoms with Crippen LogP contribution in [-0.4, -0.2) is 6.54 Å². The zero-order valence-electron chi connectivity index (χ0n) is 7.13. The van der Waals surface area contributed by atoms with Crippen LogP contribution in [-0.2, 0) is 0 Å². The van der Waals surface area contributed by atoms with Crippen molar-refractivity contribution in [3.8, 4) is 0 Å². The SMILES string of the molecule is NCCC=Cc1cccc(Cl)c1F. The van der Waals surface area contributed by atoms with E-state index >= 15 is 0 Å². The van der Waals surface area contributed by atoms with E-state index < -0.39 is 0 Å². The van der Waals surface area contributed by atoms with Crippen LogP contribution in [0.3, 0.4) is 0 Å². The maximum absolute atomic E-state index is 13.2. The number of nitrogens with two attached hydrogens (primary N) is 1. The van der Waals surface area contributed by atoms with Crippen molar-refractivity contribution in [2.75, 3.05) is 6.54 Å². The summed E-state index contributed by atoms with van der Waals surface area (Å²) in [4.78, 5) is 0. The summed E-state index contributed by atoms with van der Waals surface area (Å²) in [5.74, 6) is -0.377. The van der Waals surface area contributed by atoms with E-state index in [2.05, 4.69) is 0 Å². The van der Waals surface area contributed by atoms with Gasteiger partial charge in [0.25, 0.3) is 0 Å². The van der Waals surface area contributed by atoms with Gasteiger partial charge in [-0.2, -0.15) is 0 Å². The van der Waals surface area contributed by atoms with Crippen molar-refractivity contribution in [2.45, 2.75) is 6.42 Å². The molecule has 2 N–H and O–H groups in total. The highest BCUT2D eigenvalue weighted by Crippen LogP contribution is 2.18. The smallest absolute Gasteiger partial charge is 0.148 e. The van der Waals surface area contributed by atoms with Crippen molar-refractivity contribution >= 4 is 17.7 Å². The van der Waals surface area contributed by atoms with Gasteiger partial charge >= 0.3 is 0 Å². The summed E-state index contributed by atoms with van der Waals surface area (Å²) in [7, 11) is 0. The van der Waals surface area contributed by atoms with Gasteiger partial charge in [0.05, 0.1) is 5.02 Å². The van der Waals surface area contributed by atoms with Gasteiger partial charge in [0.1, 0.15) is 5.82 Å². The van der Waals surface area contributed by atoms with Crippen LogP contribution in [0.5, 0.6) is 0 Å². The number of hydrogen-bond acceptors (Lipinski definition) is 1. The predicted molar refractivity (Wildman–Crippen MR) is 54.1 cm³/mol. The Morgan fingerprint density at radius 3 is 2.92 bits per heavy atom. The summed E-state index contributed by atoms with van der Waals surface area (Å²) < 4.78 is 13.2. The molecular weight excluding hydrogens is 189 g/mol. The molecule has 70 valence electrons. The first-order chi connectivity index (χ1) is 6.25. The monoisotopic (exact) mass is 199 g/mol. The van der Waals surface area contributed by atoms with E-state index in [-0.39, 0.29) is 10.8 Å². The van der Waals surface area contributed by atoms with Crippen LogP contribution >= 0.6 is 11.6 Å². The lowest BCUT2D eigenvalue weighted by Crippen LogP contribution is -1.95. The average molecular weight is 200 g/mol. The average Bonchev–Trinajstić information content (AvgIpc) is 2.13.